The van der Waals surface area contributed by atoms with E-state index < -0.39 is 0 Å². The summed E-state index contributed by atoms with van der Waals surface area (Å²) in [5.41, 5.74) is 2.68. The van der Waals surface area contributed by atoms with Crippen molar-refractivity contribution in [3.63, 3.8) is 0 Å². The highest BCUT2D eigenvalue weighted by Crippen LogP contribution is 2.15. The smallest absolute Gasteiger partial charge is 0.0596 e. The molecule has 1 aromatic carbocycles. The van der Waals surface area contributed by atoms with Gasteiger partial charge in [0.15, 0.2) is 0 Å². The molecule has 0 fully saturated rings. The number of nitrogens with zero attached hydrogens (tertiary/aromatic N) is 1. The van der Waals surface area contributed by atoms with Crippen LogP contribution in [-0.4, -0.2) is 44.3 Å². The standard InChI is InChI=1S/C17H30N2O/c1-6-18-17(16-9-7-8-15(4)12-16)13-19(5)10-11-20-14(2)3/h7-9,12,14,17-18H,6,10-11,13H2,1-5H3. The Morgan fingerprint density at radius 2 is 2.05 bits per heavy atom. The molecular weight excluding hydrogens is 248 g/mol. The van der Waals surface area contributed by atoms with E-state index in [0.29, 0.717) is 12.1 Å². The first kappa shape index (κ1) is 17.2. The Labute approximate surface area is 124 Å². The van der Waals surface area contributed by atoms with E-state index in [0.717, 1.165) is 26.2 Å². The van der Waals surface area contributed by atoms with E-state index in [2.05, 4.69) is 69.2 Å². The van der Waals surface area contributed by atoms with Crippen molar-refractivity contribution in [2.75, 3.05) is 33.3 Å². The second kappa shape index (κ2) is 9.11. The van der Waals surface area contributed by atoms with Crippen molar-refractivity contribution >= 4 is 0 Å². The summed E-state index contributed by atoms with van der Waals surface area (Å²) in [6, 6.07) is 9.14. The normalized spacial score (nSPS) is 13.2. The molecule has 0 aliphatic carbocycles. The van der Waals surface area contributed by atoms with Crippen LogP contribution in [0.2, 0.25) is 0 Å². The van der Waals surface area contributed by atoms with Crippen molar-refractivity contribution < 1.29 is 4.74 Å². The average Bonchev–Trinajstić information content (AvgIpc) is 2.37. The summed E-state index contributed by atoms with van der Waals surface area (Å²) in [5, 5.41) is 3.57. The van der Waals surface area contributed by atoms with Crippen LogP contribution < -0.4 is 5.32 Å². The highest BCUT2D eigenvalue weighted by atomic mass is 16.5. The second-order valence-electron chi connectivity index (χ2n) is 5.71. The third-order valence-corrected chi connectivity index (χ3v) is 3.31. The average molecular weight is 278 g/mol. The molecule has 1 unspecified atom stereocenters. The summed E-state index contributed by atoms with van der Waals surface area (Å²) in [4.78, 5) is 2.33. The van der Waals surface area contributed by atoms with E-state index in [1.165, 1.54) is 11.1 Å². The van der Waals surface area contributed by atoms with E-state index >= 15 is 0 Å². The predicted molar refractivity (Wildman–Crippen MR) is 86.2 cm³/mol. The van der Waals surface area contributed by atoms with Crippen LogP contribution in [0.25, 0.3) is 0 Å². The van der Waals surface area contributed by atoms with Gasteiger partial charge in [0.2, 0.25) is 0 Å². The SMILES string of the molecule is CCNC(CN(C)CCOC(C)C)c1cccc(C)c1. The minimum atomic E-state index is 0.310. The molecule has 0 aliphatic rings. The molecule has 0 amide bonds. The van der Waals surface area contributed by atoms with Crippen LogP contribution in [0, 0.1) is 6.92 Å². The molecule has 20 heavy (non-hydrogen) atoms. The predicted octanol–water partition coefficient (Wildman–Crippen LogP) is 3.00. The fourth-order valence-electron chi connectivity index (χ4n) is 2.27. The van der Waals surface area contributed by atoms with Crippen molar-refractivity contribution in [1.29, 1.82) is 0 Å². The number of ether oxygens (including phenoxy) is 1. The van der Waals surface area contributed by atoms with Gasteiger partial charge in [-0.25, -0.2) is 0 Å². The number of hydrogen-bond donors (Lipinski definition) is 1. The molecule has 1 aromatic rings. The van der Waals surface area contributed by atoms with Crippen molar-refractivity contribution in [2.24, 2.45) is 0 Å². The molecule has 0 bridgehead atoms. The van der Waals surface area contributed by atoms with E-state index in [4.69, 9.17) is 4.74 Å². The van der Waals surface area contributed by atoms with Crippen molar-refractivity contribution in [3.8, 4) is 0 Å². The van der Waals surface area contributed by atoms with E-state index in [-0.39, 0.29) is 0 Å². The zero-order chi connectivity index (χ0) is 15.0. The number of nitrogens with one attached hydrogen (secondary N) is 1. The number of aryl methyl sites for hydroxylation is 1. The fourth-order valence-corrected chi connectivity index (χ4v) is 2.27. The zero-order valence-corrected chi connectivity index (χ0v) is 13.6. The summed E-state index contributed by atoms with van der Waals surface area (Å²) in [7, 11) is 2.16. The third-order valence-electron chi connectivity index (χ3n) is 3.31. The quantitative estimate of drug-likeness (QED) is 0.751. The Balaban J connectivity index is 2.54. The monoisotopic (exact) mass is 278 g/mol. The van der Waals surface area contributed by atoms with Gasteiger partial charge in [0.25, 0.3) is 0 Å². The maximum Gasteiger partial charge on any atom is 0.0596 e. The summed E-state index contributed by atoms with van der Waals surface area (Å²) < 4.78 is 5.62. The molecule has 0 spiro atoms. The molecule has 1 atom stereocenters. The summed E-state index contributed by atoms with van der Waals surface area (Å²) in [5.74, 6) is 0. The first-order chi connectivity index (χ1) is 9.52. The van der Waals surface area contributed by atoms with Gasteiger partial charge in [0.05, 0.1) is 12.7 Å². The highest BCUT2D eigenvalue weighted by Gasteiger charge is 2.13. The number of likely N-dealkylation sites (N-methyl/N-ethyl adjacent to an activating group) is 2. The Morgan fingerprint density at radius 3 is 2.65 bits per heavy atom. The van der Waals surface area contributed by atoms with Gasteiger partial charge in [0, 0.05) is 19.1 Å². The van der Waals surface area contributed by atoms with Gasteiger partial charge in [-0.15, -0.1) is 0 Å². The van der Waals surface area contributed by atoms with Gasteiger partial charge in [-0.2, -0.15) is 0 Å². The van der Waals surface area contributed by atoms with Gasteiger partial charge in [0.1, 0.15) is 0 Å². The molecular formula is C17H30N2O. The van der Waals surface area contributed by atoms with Crippen LogP contribution in [0.5, 0.6) is 0 Å². The van der Waals surface area contributed by atoms with Crippen LogP contribution in [0.1, 0.15) is 37.9 Å². The van der Waals surface area contributed by atoms with Crippen LogP contribution in [0.15, 0.2) is 24.3 Å². The van der Waals surface area contributed by atoms with Crippen LogP contribution >= 0.6 is 0 Å². The largest absolute Gasteiger partial charge is 0.377 e. The molecule has 1 rings (SSSR count). The summed E-state index contributed by atoms with van der Waals surface area (Å²) >= 11 is 0. The Kier molecular flexibility index (Phi) is 7.82. The van der Waals surface area contributed by atoms with Gasteiger partial charge < -0.3 is 15.0 Å². The fraction of sp³-hybridized carbons (Fsp3) is 0.647. The molecule has 0 aliphatic heterocycles. The molecule has 0 aromatic heterocycles. The van der Waals surface area contributed by atoms with Crippen LogP contribution in [-0.2, 0) is 4.74 Å². The van der Waals surface area contributed by atoms with Crippen molar-refractivity contribution in [2.45, 2.75) is 39.8 Å². The molecule has 114 valence electrons. The van der Waals surface area contributed by atoms with Gasteiger partial charge in [-0.1, -0.05) is 36.8 Å². The maximum absolute atomic E-state index is 5.62. The number of rotatable bonds is 9. The molecule has 3 heteroatoms. The van der Waals surface area contributed by atoms with Crippen molar-refractivity contribution in [1.82, 2.24) is 10.2 Å². The van der Waals surface area contributed by atoms with E-state index in [1.807, 2.05) is 0 Å². The lowest BCUT2D eigenvalue weighted by atomic mass is 10.0. The molecule has 0 saturated carbocycles. The van der Waals surface area contributed by atoms with Crippen LogP contribution in [0.4, 0.5) is 0 Å². The van der Waals surface area contributed by atoms with Gasteiger partial charge >= 0.3 is 0 Å². The molecule has 3 nitrogen and oxygen atoms in total. The minimum absolute atomic E-state index is 0.310. The Hall–Kier alpha value is -0.900. The van der Waals surface area contributed by atoms with Crippen LogP contribution in [0.3, 0.4) is 0 Å². The molecule has 1 N–H and O–H groups in total. The van der Waals surface area contributed by atoms with Gasteiger partial charge in [-0.05, 0) is 39.9 Å². The topological polar surface area (TPSA) is 24.5 Å². The summed E-state index contributed by atoms with van der Waals surface area (Å²) in [6.07, 6.45) is 0.310. The first-order valence-electron chi connectivity index (χ1n) is 7.63. The Morgan fingerprint density at radius 1 is 1.30 bits per heavy atom. The lowest BCUT2D eigenvalue weighted by molar-refractivity contribution is 0.0623. The van der Waals surface area contributed by atoms with Crippen molar-refractivity contribution in [3.05, 3.63) is 35.4 Å². The number of benzene rings is 1. The van der Waals surface area contributed by atoms with Gasteiger partial charge in [-0.3, -0.25) is 0 Å². The number of hydrogen-bond acceptors (Lipinski definition) is 3. The second-order valence-corrected chi connectivity index (χ2v) is 5.71. The maximum atomic E-state index is 5.62. The molecule has 0 saturated heterocycles. The zero-order valence-electron chi connectivity index (χ0n) is 13.6. The molecule has 0 heterocycles. The molecule has 0 radical (unpaired) electrons. The lowest BCUT2D eigenvalue weighted by Crippen LogP contribution is -2.35. The third kappa shape index (κ3) is 6.51. The first-order valence-corrected chi connectivity index (χ1v) is 7.63. The van der Waals surface area contributed by atoms with E-state index in [9.17, 15) is 0 Å². The highest BCUT2D eigenvalue weighted by molar-refractivity contribution is 5.25. The lowest BCUT2D eigenvalue weighted by Gasteiger charge is -2.25. The Bertz CT molecular complexity index is 379. The minimum Gasteiger partial charge on any atom is -0.377 e. The van der Waals surface area contributed by atoms with E-state index in [1.54, 1.807) is 0 Å². The summed E-state index contributed by atoms with van der Waals surface area (Å²) in [6.45, 7) is 12.2.